The lowest BCUT2D eigenvalue weighted by Crippen LogP contribution is -2.74. The van der Waals surface area contributed by atoms with Crippen LogP contribution in [-0.2, 0) is 4.74 Å². The third-order valence-electron chi connectivity index (χ3n) is 4.53. The number of aromatic nitrogens is 1. The van der Waals surface area contributed by atoms with Gasteiger partial charge in [0.2, 0.25) is 0 Å². The predicted octanol–water partition coefficient (Wildman–Crippen LogP) is 0.725. The maximum atomic E-state index is 5.36. The third kappa shape index (κ3) is 1.73. The minimum Gasteiger partial charge on any atom is -0.378 e. The number of terminal acetylenes is 1. The highest BCUT2D eigenvalue weighted by molar-refractivity contribution is 5.44. The molecule has 4 aliphatic rings. The molecule has 0 aromatic carbocycles. The molecule has 2 unspecified atom stereocenters. The molecule has 2 bridgehead atoms. The number of piperazine rings is 1. The Morgan fingerprint density at radius 3 is 2.53 bits per heavy atom. The molecule has 1 aromatic heterocycles. The number of piperidine rings is 1. The second-order valence-electron chi connectivity index (χ2n) is 5.64. The lowest BCUT2D eigenvalue weighted by molar-refractivity contribution is -0.141. The number of nitrogens with zero attached hydrogens (tertiary/aromatic N) is 3. The molecule has 0 N–H and O–H groups in total. The first kappa shape index (κ1) is 11.3. The van der Waals surface area contributed by atoms with Crippen LogP contribution in [0.25, 0.3) is 0 Å². The maximum Gasteiger partial charge on any atom is 0.128 e. The molecule has 19 heavy (non-hydrogen) atoms. The van der Waals surface area contributed by atoms with Gasteiger partial charge in [-0.2, -0.15) is 0 Å². The average Bonchev–Trinajstić information content (AvgIpc) is 2.43. The van der Waals surface area contributed by atoms with Crippen LogP contribution in [0.2, 0.25) is 0 Å². The monoisotopic (exact) mass is 255 g/mol. The molecule has 4 fully saturated rings. The lowest BCUT2D eigenvalue weighted by Gasteiger charge is -2.60. The van der Waals surface area contributed by atoms with Gasteiger partial charge in [-0.3, -0.25) is 4.90 Å². The first-order chi connectivity index (χ1) is 9.35. The van der Waals surface area contributed by atoms with Crippen LogP contribution in [0.3, 0.4) is 0 Å². The number of rotatable bonds is 2. The Hall–Kier alpha value is -1.57. The Morgan fingerprint density at radius 2 is 2.00 bits per heavy atom. The van der Waals surface area contributed by atoms with Gasteiger partial charge in [-0.05, 0) is 18.6 Å². The van der Waals surface area contributed by atoms with E-state index in [4.69, 9.17) is 11.2 Å². The fourth-order valence-electron chi connectivity index (χ4n) is 3.48. The molecular formula is C15H17N3O. The van der Waals surface area contributed by atoms with E-state index < -0.39 is 0 Å². The summed E-state index contributed by atoms with van der Waals surface area (Å²) >= 11 is 0. The molecule has 4 saturated heterocycles. The van der Waals surface area contributed by atoms with Crippen LogP contribution in [0, 0.1) is 12.3 Å². The van der Waals surface area contributed by atoms with E-state index in [1.54, 1.807) is 6.20 Å². The van der Waals surface area contributed by atoms with Gasteiger partial charge in [0.1, 0.15) is 5.82 Å². The van der Waals surface area contributed by atoms with Gasteiger partial charge in [-0.15, -0.1) is 6.42 Å². The van der Waals surface area contributed by atoms with Gasteiger partial charge in [0.15, 0.2) is 0 Å². The van der Waals surface area contributed by atoms with Crippen molar-refractivity contribution in [3.8, 4) is 12.3 Å². The van der Waals surface area contributed by atoms with Crippen LogP contribution in [-0.4, -0.2) is 54.3 Å². The summed E-state index contributed by atoms with van der Waals surface area (Å²) in [5.41, 5.74) is 0.846. The van der Waals surface area contributed by atoms with E-state index in [2.05, 4.69) is 20.7 Å². The zero-order chi connectivity index (χ0) is 12.8. The normalized spacial score (nSPS) is 30.4. The summed E-state index contributed by atoms with van der Waals surface area (Å²) in [6.45, 7) is 4.00. The van der Waals surface area contributed by atoms with E-state index in [0.29, 0.717) is 18.1 Å². The molecule has 0 spiro atoms. The smallest absolute Gasteiger partial charge is 0.128 e. The molecule has 0 saturated carbocycles. The molecule has 4 aliphatic heterocycles. The molecule has 4 nitrogen and oxygen atoms in total. The van der Waals surface area contributed by atoms with Crippen molar-refractivity contribution in [2.45, 2.75) is 24.5 Å². The summed E-state index contributed by atoms with van der Waals surface area (Å²) in [6.07, 6.45) is 8.47. The number of pyridine rings is 1. The van der Waals surface area contributed by atoms with E-state index >= 15 is 0 Å². The highest BCUT2D eigenvalue weighted by Crippen LogP contribution is 2.37. The fourth-order valence-corrected chi connectivity index (χ4v) is 3.48. The first-order valence-corrected chi connectivity index (χ1v) is 6.88. The van der Waals surface area contributed by atoms with E-state index in [-0.39, 0.29) is 0 Å². The lowest BCUT2D eigenvalue weighted by atomic mass is 9.85. The fraction of sp³-hybridized carbons (Fsp3) is 0.533. The summed E-state index contributed by atoms with van der Waals surface area (Å²) < 4.78 is 5.31. The van der Waals surface area contributed by atoms with E-state index in [0.717, 1.165) is 37.7 Å². The third-order valence-corrected chi connectivity index (χ3v) is 4.53. The molecule has 5 heterocycles. The SMILES string of the molecule is C#Cc1ccc(N2CC3CC(C2)N3C2COC2)nc1. The van der Waals surface area contributed by atoms with Crippen molar-refractivity contribution in [1.82, 2.24) is 9.88 Å². The molecule has 1 aromatic rings. The average molecular weight is 255 g/mol. The van der Waals surface area contributed by atoms with Crippen LogP contribution in [0.1, 0.15) is 12.0 Å². The van der Waals surface area contributed by atoms with Crippen molar-refractivity contribution >= 4 is 5.82 Å². The number of ether oxygens (including phenoxy) is 1. The summed E-state index contributed by atoms with van der Waals surface area (Å²) in [7, 11) is 0. The van der Waals surface area contributed by atoms with Gasteiger partial charge in [0.05, 0.1) is 19.3 Å². The molecule has 4 heteroatoms. The van der Waals surface area contributed by atoms with Crippen LogP contribution >= 0.6 is 0 Å². The van der Waals surface area contributed by atoms with Crippen molar-refractivity contribution in [2.24, 2.45) is 0 Å². The second kappa shape index (κ2) is 4.22. The predicted molar refractivity (Wildman–Crippen MR) is 73.0 cm³/mol. The minimum absolute atomic E-state index is 0.669. The molecular weight excluding hydrogens is 238 g/mol. The zero-order valence-electron chi connectivity index (χ0n) is 10.8. The molecule has 98 valence electrons. The standard InChI is InChI=1S/C15H17N3O/c1-2-11-3-4-15(16-6-11)17-7-12-5-13(8-17)18(12)14-9-19-10-14/h1,3-4,6,12-14H,5,7-10H2. The van der Waals surface area contributed by atoms with E-state index in [9.17, 15) is 0 Å². The van der Waals surface area contributed by atoms with Crippen molar-refractivity contribution in [1.29, 1.82) is 0 Å². The van der Waals surface area contributed by atoms with E-state index in [1.807, 2.05) is 12.1 Å². The highest BCUT2D eigenvalue weighted by Gasteiger charge is 2.49. The Labute approximate surface area is 113 Å². The number of hydrogen-bond acceptors (Lipinski definition) is 4. The molecule has 0 radical (unpaired) electrons. The first-order valence-electron chi connectivity index (χ1n) is 6.88. The van der Waals surface area contributed by atoms with Gasteiger partial charge >= 0.3 is 0 Å². The van der Waals surface area contributed by atoms with Gasteiger partial charge in [-0.1, -0.05) is 5.92 Å². The number of hydrogen-bond donors (Lipinski definition) is 0. The Bertz CT molecular complexity index is 505. The quantitative estimate of drug-likeness (QED) is 0.728. The van der Waals surface area contributed by atoms with Crippen molar-refractivity contribution in [3.05, 3.63) is 23.9 Å². The number of anilines is 1. The van der Waals surface area contributed by atoms with Crippen LogP contribution in [0.4, 0.5) is 5.82 Å². The van der Waals surface area contributed by atoms with Gasteiger partial charge in [0, 0.05) is 36.9 Å². The van der Waals surface area contributed by atoms with Crippen LogP contribution < -0.4 is 4.90 Å². The van der Waals surface area contributed by atoms with Gasteiger partial charge in [-0.25, -0.2) is 4.98 Å². The zero-order valence-corrected chi connectivity index (χ0v) is 10.8. The van der Waals surface area contributed by atoms with Crippen molar-refractivity contribution in [2.75, 3.05) is 31.2 Å². The maximum absolute atomic E-state index is 5.36. The highest BCUT2D eigenvalue weighted by atomic mass is 16.5. The Morgan fingerprint density at radius 1 is 1.21 bits per heavy atom. The topological polar surface area (TPSA) is 28.6 Å². The van der Waals surface area contributed by atoms with Crippen molar-refractivity contribution in [3.63, 3.8) is 0 Å². The molecule has 0 amide bonds. The second-order valence-corrected chi connectivity index (χ2v) is 5.64. The summed E-state index contributed by atoms with van der Waals surface area (Å²) in [5, 5.41) is 0. The Balaban J connectivity index is 1.46. The van der Waals surface area contributed by atoms with Gasteiger partial charge < -0.3 is 9.64 Å². The summed E-state index contributed by atoms with van der Waals surface area (Å²) in [5.74, 6) is 3.66. The number of fused-ring (bicyclic) bond motifs is 2. The molecule has 5 rings (SSSR count). The largest absolute Gasteiger partial charge is 0.378 e. The van der Waals surface area contributed by atoms with E-state index in [1.165, 1.54) is 6.42 Å². The van der Waals surface area contributed by atoms with Crippen LogP contribution in [0.15, 0.2) is 18.3 Å². The molecule has 2 atom stereocenters. The van der Waals surface area contributed by atoms with Crippen LogP contribution in [0.5, 0.6) is 0 Å². The Kier molecular flexibility index (Phi) is 2.51. The summed E-state index contributed by atoms with van der Waals surface area (Å²) in [4.78, 5) is 9.51. The van der Waals surface area contributed by atoms with Gasteiger partial charge in [0.25, 0.3) is 0 Å². The van der Waals surface area contributed by atoms with Crippen molar-refractivity contribution < 1.29 is 4.74 Å². The minimum atomic E-state index is 0.669. The summed E-state index contributed by atoms with van der Waals surface area (Å²) in [6, 6.07) is 6.04. The molecule has 0 aliphatic carbocycles.